The molecule has 0 spiro atoms. The minimum atomic E-state index is 0.0940. The van der Waals surface area contributed by atoms with Gasteiger partial charge in [-0.25, -0.2) is 0 Å². The summed E-state index contributed by atoms with van der Waals surface area (Å²) in [5, 5.41) is 3.33. The Morgan fingerprint density at radius 3 is 2.87 bits per heavy atom. The number of hydrogen-bond donors (Lipinski definition) is 1. The van der Waals surface area contributed by atoms with Gasteiger partial charge >= 0.3 is 0 Å². The SMILES string of the molecule is COc1cncc(/C=C/CCNc2ccc(C)c(C(C)=O)c2)c1. The van der Waals surface area contributed by atoms with Crippen molar-refractivity contribution in [3.8, 4) is 5.75 Å². The molecule has 1 N–H and O–H groups in total. The molecule has 4 heteroatoms. The van der Waals surface area contributed by atoms with Crippen LogP contribution in [0.3, 0.4) is 0 Å². The molecular weight excluding hydrogens is 288 g/mol. The van der Waals surface area contributed by atoms with Crippen LogP contribution < -0.4 is 10.1 Å². The molecule has 0 bridgehead atoms. The minimum Gasteiger partial charge on any atom is -0.495 e. The number of nitrogens with zero attached hydrogens (tertiary/aromatic N) is 1. The molecule has 0 unspecified atom stereocenters. The topological polar surface area (TPSA) is 51.2 Å². The molecule has 2 aromatic rings. The molecule has 120 valence electrons. The first-order valence-corrected chi connectivity index (χ1v) is 7.61. The zero-order chi connectivity index (χ0) is 16.7. The van der Waals surface area contributed by atoms with Crippen LogP contribution >= 0.6 is 0 Å². The fourth-order valence-corrected chi connectivity index (χ4v) is 2.27. The molecule has 0 atom stereocenters. The molecule has 23 heavy (non-hydrogen) atoms. The summed E-state index contributed by atoms with van der Waals surface area (Å²) in [7, 11) is 1.63. The van der Waals surface area contributed by atoms with Crippen molar-refractivity contribution >= 4 is 17.5 Å². The summed E-state index contributed by atoms with van der Waals surface area (Å²) in [6.45, 7) is 4.34. The summed E-state index contributed by atoms with van der Waals surface area (Å²) in [5.74, 6) is 0.846. The molecule has 0 amide bonds. The van der Waals surface area contributed by atoms with E-state index in [1.165, 1.54) is 0 Å². The van der Waals surface area contributed by atoms with Crippen LogP contribution in [0.25, 0.3) is 6.08 Å². The van der Waals surface area contributed by atoms with Crippen molar-refractivity contribution < 1.29 is 9.53 Å². The monoisotopic (exact) mass is 310 g/mol. The molecular formula is C19H22N2O2. The van der Waals surface area contributed by atoms with E-state index in [2.05, 4.69) is 16.4 Å². The van der Waals surface area contributed by atoms with Crippen LogP contribution in [-0.2, 0) is 0 Å². The fourth-order valence-electron chi connectivity index (χ4n) is 2.27. The lowest BCUT2D eigenvalue weighted by molar-refractivity contribution is 0.101. The molecule has 0 aliphatic carbocycles. The predicted octanol–water partition coefficient (Wildman–Crippen LogP) is 4.12. The number of Topliss-reactive ketones (excluding diaryl/α,β-unsaturated/α-hetero) is 1. The van der Waals surface area contributed by atoms with Gasteiger partial charge < -0.3 is 10.1 Å². The summed E-state index contributed by atoms with van der Waals surface area (Å²) in [5.41, 5.74) is 3.76. The molecule has 2 rings (SSSR count). The van der Waals surface area contributed by atoms with Gasteiger partial charge in [-0.1, -0.05) is 18.2 Å². The van der Waals surface area contributed by atoms with E-state index in [9.17, 15) is 4.79 Å². The number of aromatic nitrogens is 1. The number of carbonyl (C=O) groups excluding carboxylic acids is 1. The van der Waals surface area contributed by atoms with Crippen molar-refractivity contribution in [1.82, 2.24) is 4.98 Å². The summed E-state index contributed by atoms with van der Waals surface area (Å²) in [6.07, 6.45) is 8.46. The third-order valence-corrected chi connectivity index (χ3v) is 3.54. The zero-order valence-corrected chi connectivity index (χ0v) is 13.8. The van der Waals surface area contributed by atoms with E-state index in [0.29, 0.717) is 0 Å². The molecule has 0 saturated carbocycles. The molecule has 0 fully saturated rings. The molecule has 0 radical (unpaired) electrons. The van der Waals surface area contributed by atoms with Gasteiger partial charge in [0.15, 0.2) is 5.78 Å². The molecule has 0 saturated heterocycles. The Bertz CT molecular complexity index is 708. The second-order valence-corrected chi connectivity index (χ2v) is 5.36. The van der Waals surface area contributed by atoms with E-state index in [4.69, 9.17) is 4.74 Å². The highest BCUT2D eigenvalue weighted by Gasteiger charge is 2.04. The summed E-state index contributed by atoms with van der Waals surface area (Å²) >= 11 is 0. The standard InChI is InChI=1S/C19H22N2O2/c1-14-7-8-17(11-19(14)15(2)22)21-9-5-4-6-16-10-18(23-3)13-20-12-16/h4,6-8,10-13,21H,5,9H2,1-3H3/b6-4+. The summed E-state index contributed by atoms with van der Waals surface area (Å²) < 4.78 is 5.14. The lowest BCUT2D eigenvalue weighted by Crippen LogP contribution is -2.03. The van der Waals surface area contributed by atoms with Gasteiger partial charge in [0.25, 0.3) is 0 Å². The number of hydrogen-bond acceptors (Lipinski definition) is 4. The summed E-state index contributed by atoms with van der Waals surface area (Å²) in [6, 6.07) is 7.82. The van der Waals surface area contributed by atoms with E-state index in [-0.39, 0.29) is 5.78 Å². The quantitative estimate of drug-likeness (QED) is 0.617. The molecule has 4 nitrogen and oxygen atoms in total. The number of nitrogens with one attached hydrogen (secondary N) is 1. The number of carbonyl (C=O) groups is 1. The normalized spacial score (nSPS) is 10.7. The van der Waals surface area contributed by atoms with Crippen molar-refractivity contribution in [2.24, 2.45) is 0 Å². The zero-order valence-electron chi connectivity index (χ0n) is 13.8. The van der Waals surface area contributed by atoms with Gasteiger partial charge in [0.05, 0.1) is 13.3 Å². The first kappa shape index (κ1) is 16.7. The van der Waals surface area contributed by atoms with Gasteiger partial charge in [0.2, 0.25) is 0 Å². The molecule has 1 aromatic carbocycles. The van der Waals surface area contributed by atoms with Crippen LogP contribution in [0.15, 0.2) is 42.7 Å². The second kappa shape index (κ2) is 8.13. The minimum absolute atomic E-state index is 0.0940. The van der Waals surface area contributed by atoms with Crippen LogP contribution in [0.2, 0.25) is 0 Å². The first-order valence-electron chi connectivity index (χ1n) is 7.61. The number of pyridine rings is 1. The highest BCUT2D eigenvalue weighted by Crippen LogP contribution is 2.16. The van der Waals surface area contributed by atoms with Crippen molar-refractivity contribution in [3.05, 3.63) is 59.4 Å². The second-order valence-electron chi connectivity index (χ2n) is 5.36. The van der Waals surface area contributed by atoms with Gasteiger partial charge in [-0.2, -0.15) is 0 Å². The molecule has 1 aromatic heterocycles. The summed E-state index contributed by atoms with van der Waals surface area (Å²) in [4.78, 5) is 15.7. The van der Waals surface area contributed by atoms with Crippen molar-refractivity contribution in [3.63, 3.8) is 0 Å². The Balaban J connectivity index is 1.86. The van der Waals surface area contributed by atoms with Gasteiger partial charge in [-0.15, -0.1) is 0 Å². The maximum absolute atomic E-state index is 11.5. The third-order valence-electron chi connectivity index (χ3n) is 3.54. The van der Waals surface area contributed by atoms with Crippen LogP contribution in [0.5, 0.6) is 5.75 Å². The highest BCUT2D eigenvalue weighted by atomic mass is 16.5. The Labute approximate surface area is 137 Å². The van der Waals surface area contributed by atoms with Crippen molar-refractivity contribution in [2.75, 3.05) is 19.0 Å². The van der Waals surface area contributed by atoms with Crippen LogP contribution in [-0.4, -0.2) is 24.4 Å². The Hall–Kier alpha value is -2.62. The Kier molecular flexibility index (Phi) is 5.92. The van der Waals surface area contributed by atoms with E-state index < -0.39 is 0 Å². The Morgan fingerprint density at radius 2 is 2.13 bits per heavy atom. The average Bonchev–Trinajstić information content (AvgIpc) is 2.56. The van der Waals surface area contributed by atoms with Crippen molar-refractivity contribution in [2.45, 2.75) is 20.3 Å². The number of aryl methyl sites for hydroxylation is 1. The Morgan fingerprint density at radius 1 is 1.30 bits per heavy atom. The largest absolute Gasteiger partial charge is 0.495 e. The predicted molar refractivity (Wildman–Crippen MR) is 94.1 cm³/mol. The first-order chi connectivity index (χ1) is 11.1. The number of rotatable bonds is 7. The number of benzene rings is 1. The lowest BCUT2D eigenvalue weighted by atomic mass is 10.0. The third kappa shape index (κ3) is 4.95. The fraction of sp³-hybridized carbons (Fsp3) is 0.263. The van der Waals surface area contributed by atoms with E-state index in [1.54, 1.807) is 26.4 Å². The van der Waals surface area contributed by atoms with Crippen LogP contribution in [0, 0.1) is 6.92 Å². The van der Waals surface area contributed by atoms with Crippen LogP contribution in [0.1, 0.15) is 34.8 Å². The molecule has 1 heterocycles. The number of anilines is 1. The molecule has 0 aliphatic rings. The van der Waals surface area contributed by atoms with E-state index in [1.807, 2.05) is 37.3 Å². The van der Waals surface area contributed by atoms with Gasteiger partial charge in [-0.3, -0.25) is 9.78 Å². The number of ketones is 1. The van der Waals surface area contributed by atoms with Crippen LogP contribution in [0.4, 0.5) is 5.69 Å². The maximum Gasteiger partial charge on any atom is 0.160 e. The number of ether oxygens (including phenoxy) is 1. The van der Waals surface area contributed by atoms with Gasteiger partial charge in [0, 0.05) is 24.0 Å². The smallest absolute Gasteiger partial charge is 0.160 e. The lowest BCUT2D eigenvalue weighted by Gasteiger charge is -2.08. The molecule has 0 aliphatic heterocycles. The van der Waals surface area contributed by atoms with Gasteiger partial charge in [0.1, 0.15) is 5.75 Å². The maximum atomic E-state index is 11.5. The average molecular weight is 310 g/mol. The number of methoxy groups -OCH3 is 1. The van der Waals surface area contributed by atoms with Gasteiger partial charge in [-0.05, 0) is 49.6 Å². The van der Waals surface area contributed by atoms with E-state index in [0.717, 1.165) is 41.1 Å². The van der Waals surface area contributed by atoms with Crippen molar-refractivity contribution in [1.29, 1.82) is 0 Å². The highest BCUT2D eigenvalue weighted by molar-refractivity contribution is 5.96. The van der Waals surface area contributed by atoms with E-state index >= 15 is 0 Å².